The van der Waals surface area contributed by atoms with Gasteiger partial charge in [0.2, 0.25) is 5.91 Å². The number of nitrogens with zero attached hydrogens (tertiary/aromatic N) is 3. The number of aromatic nitrogens is 1. The third kappa shape index (κ3) is 5.29. The van der Waals surface area contributed by atoms with Crippen molar-refractivity contribution in [1.82, 2.24) is 15.2 Å². The summed E-state index contributed by atoms with van der Waals surface area (Å²) < 4.78 is 0. The molecule has 0 bridgehead atoms. The molecule has 1 aromatic heterocycles. The van der Waals surface area contributed by atoms with Gasteiger partial charge in [0, 0.05) is 17.6 Å². The summed E-state index contributed by atoms with van der Waals surface area (Å²) in [6.45, 7) is 5.14. The van der Waals surface area contributed by atoms with Crippen LogP contribution in [0.25, 0.3) is 0 Å². The third-order valence-corrected chi connectivity index (χ3v) is 5.80. The van der Waals surface area contributed by atoms with Crippen molar-refractivity contribution in [2.75, 3.05) is 13.1 Å². The van der Waals surface area contributed by atoms with Crippen molar-refractivity contribution in [2.24, 2.45) is 0 Å². The Hall–Kier alpha value is -3.01. The summed E-state index contributed by atoms with van der Waals surface area (Å²) in [6, 6.07) is 19.4. The Morgan fingerprint density at radius 2 is 1.90 bits per heavy atom. The van der Waals surface area contributed by atoms with Gasteiger partial charge >= 0.3 is 0 Å². The molecule has 148 valence electrons. The van der Waals surface area contributed by atoms with Crippen LogP contribution in [0.15, 0.2) is 66.2 Å². The molecule has 2 aromatic carbocycles. The van der Waals surface area contributed by atoms with Crippen LogP contribution in [0, 0.1) is 11.3 Å². The van der Waals surface area contributed by atoms with Gasteiger partial charge in [0.25, 0.3) is 0 Å². The fourth-order valence-corrected chi connectivity index (χ4v) is 3.98. The number of carbonyl (C=O) groups excluding carboxylic acids is 1. The van der Waals surface area contributed by atoms with Crippen molar-refractivity contribution in [1.29, 1.82) is 5.26 Å². The lowest BCUT2D eigenvalue weighted by Gasteiger charge is -2.28. The van der Waals surface area contributed by atoms with E-state index in [-0.39, 0.29) is 24.5 Å². The molecule has 1 heterocycles. The van der Waals surface area contributed by atoms with Gasteiger partial charge in [-0.3, -0.25) is 9.69 Å². The van der Waals surface area contributed by atoms with Crippen LogP contribution in [-0.2, 0) is 4.79 Å². The average Bonchev–Trinajstić information content (AvgIpc) is 3.30. The highest BCUT2D eigenvalue weighted by atomic mass is 32.1. The molecule has 2 unspecified atom stereocenters. The van der Waals surface area contributed by atoms with Gasteiger partial charge in [0.1, 0.15) is 11.0 Å². The minimum absolute atomic E-state index is 0.0450. The number of carbonyl (C=O) groups is 1. The Balaban J connectivity index is 1.71. The van der Waals surface area contributed by atoms with Gasteiger partial charge in [0.15, 0.2) is 0 Å². The van der Waals surface area contributed by atoms with Crippen molar-refractivity contribution in [3.63, 3.8) is 0 Å². The average molecular weight is 405 g/mol. The number of benzene rings is 2. The van der Waals surface area contributed by atoms with Gasteiger partial charge in [-0.25, -0.2) is 4.98 Å². The zero-order chi connectivity index (χ0) is 20.6. The van der Waals surface area contributed by atoms with Crippen LogP contribution in [-0.4, -0.2) is 28.9 Å². The summed E-state index contributed by atoms with van der Waals surface area (Å²) >= 11 is 1.53. The monoisotopic (exact) mass is 404 g/mol. The highest BCUT2D eigenvalue weighted by Crippen LogP contribution is 2.24. The van der Waals surface area contributed by atoms with E-state index in [1.54, 1.807) is 6.20 Å². The van der Waals surface area contributed by atoms with Crippen LogP contribution in [0.5, 0.6) is 0 Å². The highest BCUT2D eigenvalue weighted by Gasteiger charge is 2.22. The fraction of sp³-hybridized carbons (Fsp3) is 0.261. The van der Waals surface area contributed by atoms with Crippen LogP contribution < -0.4 is 5.32 Å². The molecular weight excluding hydrogens is 380 g/mol. The van der Waals surface area contributed by atoms with Crippen LogP contribution in [0.2, 0.25) is 0 Å². The van der Waals surface area contributed by atoms with E-state index < -0.39 is 0 Å². The molecule has 0 saturated carbocycles. The number of hydrogen-bond donors (Lipinski definition) is 1. The Kier molecular flexibility index (Phi) is 7.12. The van der Waals surface area contributed by atoms with Crippen LogP contribution >= 0.6 is 11.3 Å². The van der Waals surface area contributed by atoms with Crippen molar-refractivity contribution >= 4 is 17.2 Å². The van der Waals surface area contributed by atoms with E-state index in [0.717, 1.165) is 22.7 Å². The molecule has 5 nitrogen and oxygen atoms in total. The van der Waals surface area contributed by atoms with Gasteiger partial charge in [-0.1, -0.05) is 49.4 Å². The lowest BCUT2D eigenvalue weighted by atomic mass is 10.0. The molecule has 0 saturated heterocycles. The Morgan fingerprint density at radius 1 is 1.17 bits per heavy atom. The normalized spacial score (nSPS) is 12.9. The smallest absolute Gasteiger partial charge is 0.235 e. The molecule has 0 spiro atoms. The van der Waals surface area contributed by atoms with Gasteiger partial charge in [-0.05, 0) is 36.7 Å². The van der Waals surface area contributed by atoms with Gasteiger partial charge < -0.3 is 5.32 Å². The Labute approximate surface area is 175 Å². The summed E-state index contributed by atoms with van der Waals surface area (Å²) in [4.78, 5) is 19.4. The fourth-order valence-electron chi connectivity index (χ4n) is 3.27. The molecule has 1 N–H and O–H groups in total. The second-order valence-corrected chi connectivity index (χ2v) is 7.68. The second-order valence-electron chi connectivity index (χ2n) is 6.75. The van der Waals surface area contributed by atoms with Crippen LogP contribution in [0.4, 0.5) is 0 Å². The van der Waals surface area contributed by atoms with E-state index >= 15 is 0 Å². The topological polar surface area (TPSA) is 69.0 Å². The maximum atomic E-state index is 12.9. The second kappa shape index (κ2) is 9.97. The van der Waals surface area contributed by atoms with Crippen LogP contribution in [0.1, 0.15) is 47.6 Å². The quantitative estimate of drug-likeness (QED) is 0.608. The lowest BCUT2D eigenvalue weighted by molar-refractivity contribution is -0.123. The first-order chi connectivity index (χ1) is 14.1. The van der Waals surface area contributed by atoms with E-state index in [2.05, 4.69) is 28.2 Å². The maximum absolute atomic E-state index is 12.9. The molecule has 0 aliphatic heterocycles. The summed E-state index contributed by atoms with van der Waals surface area (Å²) in [5.41, 5.74) is 2.73. The number of nitriles is 1. The number of hydrogen-bond acceptors (Lipinski definition) is 5. The first-order valence-electron chi connectivity index (χ1n) is 9.60. The largest absolute Gasteiger partial charge is 0.342 e. The Bertz CT molecular complexity index is 949. The first kappa shape index (κ1) is 20.7. The number of thiazole rings is 1. The minimum atomic E-state index is -0.257. The van der Waals surface area contributed by atoms with Gasteiger partial charge in [-0.15, -0.1) is 11.3 Å². The predicted molar refractivity (Wildman–Crippen MR) is 115 cm³/mol. The molecule has 2 atom stereocenters. The number of rotatable bonds is 8. The molecule has 0 fully saturated rings. The maximum Gasteiger partial charge on any atom is 0.235 e. The zero-order valence-corrected chi connectivity index (χ0v) is 17.4. The standard InChI is InChI=1S/C23H24N4OS/c1-3-27(17(2)19-11-9-18(15-24)10-12-19)16-21(28)26-22(23-25-13-14-29-23)20-7-5-4-6-8-20/h4-14,17,22H,3,16H2,1-2H3,(H,26,28). The van der Waals surface area contributed by atoms with E-state index in [9.17, 15) is 4.79 Å². The van der Waals surface area contributed by atoms with Crippen molar-refractivity contribution in [2.45, 2.75) is 25.9 Å². The summed E-state index contributed by atoms with van der Waals surface area (Å²) in [6.07, 6.45) is 1.76. The molecule has 6 heteroatoms. The van der Waals surface area contributed by atoms with E-state index in [4.69, 9.17) is 5.26 Å². The Morgan fingerprint density at radius 3 is 2.48 bits per heavy atom. The van der Waals surface area contributed by atoms with E-state index in [0.29, 0.717) is 5.56 Å². The van der Waals surface area contributed by atoms with E-state index in [1.807, 2.05) is 66.9 Å². The SMILES string of the molecule is CCN(CC(=O)NC(c1ccccc1)c1nccs1)C(C)c1ccc(C#N)cc1. The molecule has 3 rings (SSSR count). The summed E-state index contributed by atoms with van der Waals surface area (Å²) in [5.74, 6) is -0.0450. The predicted octanol–water partition coefficient (Wildman–Crippen LogP) is 4.30. The number of likely N-dealkylation sites (N-methyl/N-ethyl adjacent to an activating group) is 1. The molecule has 29 heavy (non-hydrogen) atoms. The minimum Gasteiger partial charge on any atom is -0.342 e. The molecule has 0 aliphatic carbocycles. The molecule has 3 aromatic rings. The molecule has 0 radical (unpaired) electrons. The summed E-state index contributed by atoms with van der Waals surface area (Å²) in [5, 5.41) is 14.9. The van der Waals surface area contributed by atoms with Crippen molar-refractivity contribution < 1.29 is 4.79 Å². The van der Waals surface area contributed by atoms with Gasteiger partial charge in [-0.2, -0.15) is 5.26 Å². The van der Waals surface area contributed by atoms with E-state index in [1.165, 1.54) is 11.3 Å². The molecular formula is C23H24N4OS. The number of nitrogens with one attached hydrogen (secondary N) is 1. The first-order valence-corrected chi connectivity index (χ1v) is 10.5. The van der Waals surface area contributed by atoms with Crippen molar-refractivity contribution in [3.05, 3.63) is 87.9 Å². The van der Waals surface area contributed by atoms with Crippen LogP contribution in [0.3, 0.4) is 0 Å². The lowest BCUT2D eigenvalue weighted by Crippen LogP contribution is -2.40. The molecule has 1 amide bonds. The molecule has 0 aliphatic rings. The highest BCUT2D eigenvalue weighted by molar-refractivity contribution is 7.09. The zero-order valence-electron chi connectivity index (χ0n) is 16.6. The summed E-state index contributed by atoms with van der Waals surface area (Å²) in [7, 11) is 0. The van der Waals surface area contributed by atoms with Gasteiger partial charge in [0.05, 0.1) is 18.2 Å². The third-order valence-electron chi connectivity index (χ3n) is 4.96. The number of amides is 1. The van der Waals surface area contributed by atoms with Crippen molar-refractivity contribution in [3.8, 4) is 6.07 Å².